The first-order valence-corrected chi connectivity index (χ1v) is 8.05. The molecule has 0 saturated carbocycles. The molecule has 2 heterocycles. The molecular formula is C20H13ClO4. The van der Waals surface area contributed by atoms with Gasteiger partial charge in [0.15, 0.2) is 5.76 Å². The summed E-state index contributed by atoms with van der Waals surface area (Å²) >= 11 is 5.88. The SMILES string of the molecule is O=C(c1ccco1)c1coc2ccc(OCc3ccc(Cl)cc3)cc12. The van der Waals surface area contributed by atoms with Crippen LogP contribution in [0, 0.1) is 0 Å². The Bertz CT molecular complexity index is 1010. The van der Waals surface area contributed by atoms with Gasteiger partial charge in [-0.15, -0.1) is 0 Å². The van der Waals surface area contributed by atoms with E-state index in [4.69, 9.17) is 25.2 Å². The second kappa shape index (κ2) is 6.49. The van der Waals surface area contributed by atoms with Crippen molar-refractivity contribution in [2.45, 2.75) is 6.61 Å². The number of benzene rings is 2. The molecule has 0 saturated heterocycles. The quantitative estimate of drug-likeness (QED) is 0.446. The van der Waals surface area contributed by atoms with Gasteiger partial charge in [-0.1, -0.05) is 23.7 Å². The normalized spacial score (nSPS) is 10.9. The van der Waals surface area contributed by atoms with E-state index in [-0.39, 0.29) is 11.5 Å². The lowest BCUT2D eigenvalue weighted by Gasteiger charge is -2.06. The van der Waals surface area contributed by atoms with Crippen LogP contribution in [0.1, 0.15) is 21.7 Å². The van der Waals surface area contributed by atoms with Gasteiger partial charge in [0.25, 0.3) is 0 Å². The molecule has 25 heavy (non-hydrogen) atoms. The van der Waals surface area contributed by atoms with Crippen LogP contribution >= 0.6 is 11.6 Å². The van der Waals surface area contributed by atoms with E-state index < -0.39 is 0 Å². The fourth-order valence-electron chi connectivity index (χ4n) is 2.56. The van der Waals surface area contributed by atoms with Crippen molar-refractivity contribution in [1.29, 1.82) is 0 Å². The zero-order valence-electron chi connectivity index (χ0n) is 13.1. The third kappa shape index (κ3) is 3.16. The van der Waals surface area contributed by atoms with Crippen molar-refractivity contribution in [2.24, 2.45) is 0 Å². The molecule has 0 radical (unpaired) electrons. The van der Waals surface area contributed by atoms with Gasteiger partial charge in [-0.25, -0.2) is 0 Å². The molecule has 0 aliphatic heterocycles. The topological polar surface area (TPSA) is 52.6 Å². The van der Waals surface area contributed by atoms with Crippen LogP contribution in [0.15, 0.2) is 76.0 Å². The van der Waals surface area contributed by atoms with E-state index in [1.807, 2.05) is 30.3 Å². The number of hydrogen-bond acceptors (Lipinski definition) is 4. The molecule has 0 spiro atoms. The lowest BCUT2D eigenvalue weighted by Crippen LogP contribution is -1.98. The highest BCUT2D eigenvalue weighted by Gasteiger charge is 2.18. The van der Waals surface area contributed by atoms with E-state index in [1.54, 1.807) is 24.3 Å². The average molecular weight is 353 g/mol. The maximum absolute atomic E-state index is 12.5. The van der Waals surface area contributed by atoms with Crippen LogP contribution in [0.25, 0.3) is 11.0 Å². The minimum atomic E-state index is -0.224. The molecule has 2 aromatic carbocycles. The second-order valence-electron chi connectivity index (χ2n) is 5.53. The van der Waals surface area contributed by atoms with Crippen LogP contribution in [-0.2, 0) is 6.61 Å². The average Bonchev–Trinajstić information content (AvgIpc) is 3.30. The Morgan fingerprint density at radius 2 is 1.88 bits per heavy atom. The first kappa shape index (κ1) is 15.5. The Morgan fingerprint density at radius 1 is 1.04 bits per heavy atom. The minimum Gasteiger partial charge on any atom is -0.489 e. The Labute approximate surface area is 148 Å². The third-order valence-corrected chi connectivity index (χ3v) is 4.11. The summed E-state index contributed by atoms with van der Waals surface area (Å²) in [5.41, 5.74) is 2.07. The number of furan rings is 2. The van der Waals surface area contributed by atoms with Gasteiger partial charge < -0.3 is 13.6 Å². The maximum Gasteiger partial charge on any atom is 0.232 e. The highest BCUT2D eigenvalue weighted by atomic mass is 35.5. The van der Waals surface area contributed by atoms with Crippen molar-refractivity contribution in [1.82, 2.24) is 0 Å². The van der Waals surface area contributed by atoms with Gasteiger partial charge in [-0.05, 0) is 48.0 Å². The predicted octanol–water partition coefficient (Wildman–Crippen LogP) is 5.49. The number of hydrogen-bond donors (Lipinski definition) is 0. The Balaban J connectivity index is 1.60. The van der Waals surface area contributed by atoms with Gasteiger partial charge in [-0.2, -0.15) is 0 Å². The molecule has 4 rings (SSSR count). The molecule has 0 aliphatic rings. The molecule has 0 bridgehead atoms. The van der Waals surface area contributed by atoms with E-state index in [1.165, 1.54) is 12.5 Å². The zero-order valence-corrected chi connectivity index (χ0v) is 13.8. The lowest BCUT2D eigenvalue weighted by molar-refractivity contribution is 0.101. The standard InChI is InChI=1S/C20H13ClO4/c21-14-5-3-13(4-6-14)11-24-15-7-8-18-16(10-15)17(12-25-18)20(22)19-2-1-9-23-19/h1-10,12H,11H2. The Kier molecular flexibility index (Phi) is 4.04. The molecule has 4 nitrogen and oxygen atoms in total. The van der Waals surface area contributed by atoms with Gasteiger partial charge in [0.1, 0.15) is 24.2 Å². The van der Waals surface area contributed by atoms with Crippen LogP contribution in [0.3, 0.4) is 0 Å². The van der Waals surface area contributed by atoms with Gasteiger partial charge in [0.05, 0.1) is 11.8 Å². The number of halogens is 1. The van der Waals surface area contributed by atoms with Gasteiger partial charge in [0, 0.05) is 10.4 Å². The highest BCUT2D eigenvalue weighted by molar-refractivity contribution is 6.30. The lowest BCUT2D eigenvalue weighted by atomic mass is 10.1. The van der Waals surface area contributed by atoms with Crippen molar-refractivity contribution in [3.8, 4) is 5.75 Å². The number of carbonyl (C=O) groups is 1. The molecule has 0 fully saturated rings. The molecule has 0 N–H and O–H groups in total. The monoisotopic (exact) mass is 352 g/mol. The summed E-state index contributed by atoms with van der Waals surface area (Å²) in [6.07, 6.45) is 2.91. The number of rotatable bonds is 5. The number of carbonyl (C=O) groups excluding carboxylic acids is 1. The van der Waals surface area contributed by atoms with Crippen molar-refractivity contribution in [3.63, 3.8) is 0 Å². The summed E-state index contributed by atoms with van der Waals surface area (Å²) in [4.78, 5) is 12.5. The molecule has 5 heteroatoms. The molecule has 0 unspecified atom stereocenters. The van der Waals surface area contributed by atoms with Crippen molar-refractivity contribution >= 4 is 28.4 Å². The first-order chi connectivity index (χ1) is 12.2. The Morgan fingerprint density at radius 3 is 2.64 bits per heavy atom. The van der Waals surface area contributed by atoms with E-state index in [9.17, 15) is 4.79 Å². The van der Waals surface area contributed by atoms with Crippen LogP contribution in [0.4, 0.5) is 0 Å². The number of ketones is 1. The molecule has 0 atom stereocenters. The number of ether oxygens (including phenoxy) is 1. The smallest absolute Gasteiger partial charge is 0.232 e. The Hall–Kier alpha value is -2.98. The summed E-state index contributed by atoms with van der Waals surface area (Å²) in [5.74, 6) is 0.700. The second-order valence-corrected chi connectivity index (χ2v) is 5.97. The fraction of sp³-hybridized carbons (Fsp3) is 0.0500. The van der Waals surface area contributed by atoms with E-state index in [2.05, 4.69) is 0 Å². The summed E-state index contributed by atoms with van der Waals surface area (Å²) in [6.45, 7) is 0.405. The molecule has 0 aliphatic carbocycles. The highest BCUT2D eigenvalue weighted by Crippen LogP contribution is 2.28. The minimum absolute atomic E-state index is 0.224. The predicted molar refractivity (Wildman–Crippen MR) is 94.1 cm³/mol. The molecular weight excluding hydrogens is 340 g/mol. The van der Waals surface area contributed by atoms with Crippen LogP contribution in [0.5, 0.6) is 5.75 Å². The van der Waals surface area contributed by atoms with Gasteiger partial charge >= 0.3 is 0 Å². The van der Waals surface area contributed by atoms with E-state index in [0.29, 0.717) is 33.9 Å². The largest absolute Gasteiger partial charge is 0.489 e. The van der Waals surface area contributed by atoms with E-state index >= 15 is 0 Å². The van der Waals surface area contributed by atoms with Crippen molar-refractivity contribution in [3.05, 3.63) is 89.0 Å². The summed E-state index contributed by atoms with van der Waals surface area (Å²) in [6, 6.07) is 16.1. The van der Waals surface area contributed by atoms with E-state index in [0.717, 1.165) is 5.56 Å². The fourth-order valence-corrected chi connectivity index (χ4v) is 2.69. The van der Waals surface area contributed by atoms with Crippen molar-refractivity contribution < 1.29 is 18.4 Å². The third-order valence-electron chi connectivity index (χ3n) is 3.85. The van der Waals surface area contributed by atoms with Crippen LogP contribution < -0.4 is 4.74 Å². The molecule has 2 aromatic heterocycles. The zero-order chi connectivity index (χ0) is 17.2. The maximum atomic E-state index is 12.5. The van der Waals surface area contributed by atoms with Crippen molar-refractivity contribution in [2.75, 3.05) is 0 Å². The summed E-state index contributed by atoms with van der Waals surface area (Å²) in [5, 5.41) is 1.37. The summed E-state index contributed by atoms with van der Waals surface area (Å²) < 4.78 is 16.5. The summed E-state index contributed by atoms with van der Waals surface area (Å²) in [7, 11) is 0. The van der Waals surface area contributed by atoms with Gasteiger partial charge in [-0.3, -0.25) is 4.79 Å². The molecule has 4 aromatic rings. The molecule has 0 amide bonds. The first-order valence-electron chi connectivity index (χ1n) is 7.67. The molecule has 124 valence electrons. The van der Waals surface area contributed by atoms with Crippen LogP contribution in [0.2, 0.25) is 5.02 Å². The van der Waals surface area contributed by atoms with Gasteiger partial charge in [0.2, 0.25) is 5.78 Å². The van der Waals surface area contributed by atoms with Crippen LogP contribution in [-0.4, -0.2) is 5.78 Å². The number of fused-ring (bicyclic) bond motifs is 1.